The first-order chi connectivity index (χ1) is 13.3. The van der Waals surface area contributed by atoms with E-state index in [0.717, 1.165) is 39.4 Å². The fourth-order valence-electron chi connectivity index (χ4n) is 3.83. The van der Waals surface area contributed by atoms with Crippen LogP contribution in [0.1, 0.15) is 39.7 Å². The Hall–Kier alpha value is -3.06. The largest absolute Gasteiger partial charge is 0.377 e. The highest BCUT2D eigenvalue weighted by Gasteiger charge is 2.41. The highest BCUT2D eigenvalue weighted by Crippen LogP contribution is 2.46. The number of thiazole rings is 1. The van der Waals surface area contributed by atoms with Crippen LogP contribution in [0.15, 0.2) is 59.1 Å². The van der Waals surface area contributed by atoms with Gasteiger partial charge in [-0.05, 0) is 29.3 Å². The van der Waals surface area contributed by atoms with E-state index in [1.165, 1.54) is 12.1 Å². The van der Waals surface area contributed by atoms with Crippen LogP contribution < -0.4 is 10.7 Å². The quantitative estimate of drug-likeness (QED) is 0.681. The molecular weight excluding hydrogens is 363 g/mol. The molecule has 3 heterocycles. The number of benzene rings is 2. The number of nitrogens with zero attached hydrogens (tertiary/aromatic N) is 2. The zero-order valence-electron chi connectivity index (χ0n) is 14.1. The summed E-state index contributed by atoms with van der Waals surface area (Å²) in [6.07, 6.45) is 2.63. The molecule has 2 aliphatic rings. The molecule has 2 aromatic carbocycles. The van der Waals surface area contributed by atoms with Crippen molar-refractivity contribution in [3.05, 3.63) is 81.6 Å². The molecule has 0 radical (unpaired) electrons. The summed E-state index contributed by atoms with van der Waals surface area (Å²) in [6.45, 7) is 0. The van der Waals surface area contributed by atoms with Gasteiger partial charge in [0.25, 0.3) is 0 Å². The van der Waals surface area contributed by atoms with E-state index in [0.29, 0.717) is 0 Å². The van der Waals surface area contributed by atoms with Gasteiger partial charge in [-0.1, -0.05) is 24.3 Å². The number of aromatic nitrogens is 1. The first kappa shape index (κ1) is 16.1. The molecule has 0 aliphatic carbocycles. The van der Waals surface area contributed by atoms with Gasteiger partial charge in [0.1, 0.15) is 23.2 Å². The maximum atomic E-state index is 13.5. The molecule has 5 nitrogen and oxygen atoms in total. The summed E-state index contributed by atoms with van der Waals surface area (Å²) in [5.74, 6) is -0.419. The Balaban J connectivity index is 1.71. The Kier molecular flexibility index (Phi) is 3.75. The lowest BCUT2D eigenvalue weighted by Gasteiger charge is -2.38. The predicted octanol–water partition coefficient (Wildman–Crippen LogP) is 3.78. The van der Waals surface area contributed by atoms with Crippen LogP contribution in [0.4, 0.5) is 10.1 Å². The van der Waals surface area contributed by atoms with Gasteiger partial charge in [0.05, 0.1) is 17.7 Å². The van der Waals surface area contributed by atoms with Crippen LogP contribution in [0.5, 0.6) is 0 Å². The van der Waals surface area contributed by atoms with Gasteiger partial charge in [0.2, 0.25) is 0 Å². The third kappa shape index (κ3) is 2.54. The zero-order chi connectivity index (χ0) is 18.4. The van der Waals surface area contributed by atoms with E-state index in [1.54, 1.807) is 29.7 Å². The minimum Gasteiger partial charge on any atom is -0.377 e. The molecule has 134 valence electrons. The lowest BCUT2D eigenvalue weighted by Crippen LogP contribution is -2.38. The molecule has 5 rings (SSSR count). The van der Waals surface area contributed by atoms with E-state index in [9.17, 15) is 9.18 Å². The van der Waals surface area contributed by atoms with Crippen LogP contribution in [0.3, 0.4) is 0 Å². The van der Waals surface area contributed by atoms with Crippen molar-refractivity contribution in [3.8, 4) is 0 Å². The number of rotatable bonds is 3. The number of carbonyl (C=O) groups is 1. The molecule has 0 bridgehead atoms. The van der Waals surface area contributed by atoms with Crippen molar-refractivity contribution in [1.82, 2.24) is 10.4 Å². The molecule has 3 aromatic rings. The fourth-order valence-corrected chi connectivity index (χ4v) is 4.61. The standard InChI is InChI=1S/C20H15FN4OS/c21-12-6-4-11(5-7-12)18-17(20-22-8-9-27-20)19-16-13(15(10-26)24-25-19)2-1-3-14(16)23-18/h1-10,15,17-18,23-24H. The van der Waals surface area contributed by atoms with Gasteiger partial charge in [0.15, 0.2) is 0 Å². The Morgan fingerprint density at radius 2 is 2.00 bits per heavy atom. The monoisotopic (exact) mass is 378 g/mol. The summed E-state index contributed by atoms with van der Waals surface area (Å²) in [7, 11) is 0. The maximum Gasteiger partial charge on any atom is 0.148 e. The molecule has 0 saturated carbocycles. The van der Waals surface area contributed by atoms with E-state index in [1.807, 2.05) is 23.6 Å². The normalized spacial score (nSPS) is 22.9. The minimum absolute atomic E-state index is 0.146. The predicted molar refractivity (Wildman–Crippen MR) is 103 cm³/mol. The summed E-state index contributed by atoms with van der Waals surface area (Å²) in [5, 5.41) is 11.0. The van der Waals surface area contributed by atoms with Gasteiger partial charge < -0.3 is 10.1 Å². The van der Waals surface area contributed by atoms with E-state index in [-0.39, 0.29) is 17.8 Å². The number of hydrogen-bond donors (Lipinski definition) is 2. The summed E-state index contributed by atoms with van der Waals surface area (Å²) in [6, 6.07) is 11.7. The molecule has 2 N–H and O–H groups in total. The van der Waals surface area contributed by atoms with E-state index < -0.39 is 6.04 Å². The van der Waals surface area contributed by atoms with Gasteiger partial charge in [-0.2, -0.15) is 5.10 Å². The van der Waals surface area contributed by atoms with E-state index >= 15 is 0 Å². The molecule has 27 heavy (non-hydrogen) atoms. The highest BCUT2D eigenvalue weighted by atomic mass is 32.1. The Labute approximate surface area is 159 Å². The lowest BCUT2D eigenvalue weighted by atomic mass is 9.79. The Morgan fingerprint density at radius 3 is 2.74 bits per heavy atom. The number of anilines is 1. The van der Waals surface area contributed by atoms with Crippen LogP contribution >= 0.6 is 11.3 Å². The molecule has 3 atom stereocenters. The number of hydrazone groups is 1. The molecule has 0 fully saturated rings. The van der Waals surface area contributed by atoms with Crippen LogP contribution in [0.25, 0.3) is 0 Å². The average molecular weight is 378 g/mol. The average Bonchev–Trinajstić information content (AvgIpc) is 3.23. The van der Waals surface area contributed by atoms with Crippen molar-refractivity contribution in [1.29, 1.82) is 0 Å². The molecule has 0 saturated heterocycles. The van der Waals surface area contributed by atoms with Crippen LogP contribution in [0, 0.1) is 5.82 Å². The second-order valence-corrected chi connectivity index (χ2v) is 7.46. The Bertz CT molecular complexity index is 1030. The third-order valence-corrected chi connectivity index (χ3v) is 5.89. The SMILES string of the molecule is O=CC1NN=C2c3c(cccc31)NC(c1ccc(F)cc1)C2c1nccs1. The zero-order valence-corrected chi connectivity index (χ0v) is 14.9. The second kappa shape index (κ2) is 6.28. The van der Waals surface area contributed by atoms with Crippen LogP contribution in [-0.2, 0) is 4.79 Å². The number of aldehydes is 1. The molecule has 2 aliphatic heterocycles. The number of hydrogen-bond acceptors (Lipinski definition) is 6. The minimum atomic E-state index is -0.468. The van der Waals surface area contributed by atoms with Crippen molar-refractivity contribution < 1.29 is 9.18 Å². The number of halogens is 1. The van der Waals surface area contributed by atoms with E-state index in [4.69, 9.17) is 0 Å². The third-order valence-electron chi connectivity index (χ3n) is 5.03. The molecule has 1 aromatic heterocycles. The van der Waals surface area contributed by atoms with Crippen molar-refractivity contribution in [2.24, 2.45) is 5.10 Å². The van der Waals surface area contributed by atoms with E-state index in [2.05, 4.69) is 20.8 Å². The molecular formula is C20H15FN4OS. The maximum absolute atomic E-state index is 13.5. The molecule has 7 heteroatoms. The van der Waals surface area contributed by atoms with Crippen molar-refractivity contribution in [2.75, 3.05) is 5.32 Å². The smallest absolute Gasteiger partial charge is 0.148 e. The van der Waals surface area contributed by atoms with Crippen molar-refractivity contribution >= 4 is 29.0 Å². The summed E-state index contributed by atoms with van der Waals surface area (Å²) in [4.78, 5) is 16.0. The van der Waals surface area contributed by atoms with Crippen molar-refractivity contribution in [3.63, 3.8) is 0 Å². The van der Waals surface area contributed by atoms with Gasteiger partial charge >= 0.3 is 0 Å². The summed E-state index contributed by atoms with van der Waals surface area (Å²) >= 11 is 1.56. The second-order valence-electron chi connectivity index (χ2n) is 6.53. The van der Waals surface area contributed by atoms with Crippen molar-refractivity contribution in [2.45, 2.75) is 18.0 Å². The summed E-state index contributed by atoms with van der Waals surface area (Å²) < 4.78 is 13.5. The number of nitrogens with one attached hydrogen (secondary N) is 2. The fraction of sp³-hybridized carbons (Fsp3) is 0.150. The van der Waals surface area contributed by atoms with Gasteiger partial charge in [-0.3, -0.25) is 5.43 Å². The van der Waals surface area contributed by atoms with Crippen LogP contribution in [-0.4, -0.2) is 17.0 Å². The Morgan fingerprint density at radius 1 is 1.15 bits per heavy atom. The van der Waals surface area contributed by atoms with Gasteiger partial charge in [-0.15, -0.1) is 11.3 Å². The topological polar surface area (TPSA) is 66.4 Å². The van der Waals surface area contributed by atoms with Crippen LogP contribution in [0.2, 0.25) is 0 Å². The molecule has 0 spiro atoms. The summed E-state index contributed by atoms with van der Waals surface area (Å²) in [5.41, 5.74) is 7.54. The van der Waals surface area contributed by atoms with Gasteiger partial charge in [0, 0.05) is 22.8 Å². The number of carbonyl (C=O) groups excluding carboxylic acids is 1. The first-order valence-corrected chi connectivity index (χ1v) is 9.47. The van der Waals surface area contributed by atoms with Gasteiger partial charge in [-0.25, -0.2) is 9.37 Å². The molecule has 0 amide bonds. The first-order valence-electron chi connectivity index (χ1n) is 8.59. The highest BCUT2D eigenvalue weighted by molar-refractivity contribution is 7.09. The lowest BCUT2D eigenvalue weighted by molar-refractivity contribution is -0.109. The molecule has 3 unspecified atom stereocenters.